The number of carbonyl (C=O) groups excluding carboxylic acids is 3. The van der Waals surface area contributed by atoms with Gasteiger partial charge < -0.3 is 18.9 Å². The quantitative estimate of drug-likeness (QED) is 0.475. The Bertz CT molecular complexity index is 797. The van der Waals surface area contributed by atoms with Crippen LogP contribution in [-0.4, -0.2) is 60.0 Å². The number of ether oxygens (including phenoxy) is 2. The first-order chi connectivity index (χ1) is 14.0. The topological polar surface area (TPSA) is 77.8 Å². The largest absolute Gasteiger partial charge is 0.464 e. The van der Waals surface area contributed by atoms with Crippen molar-refractivity contribution < 1.29 is 23.9 Å². The van der Waals surface area contributed by atoms with E-state index in [9.17, 15) is 14.4 Å². The highest BCUT2D eigenvalue weighted by Crippen LogP contribution is 2.26. The number of nitrogens with zero attached hydrogens (tertiary/aromatic N) is 2. The number of esters is 1. The van der Waals surface area contributed by atoms with Crippen molar-refractivity contribution in [2.75, 3.05) is 26.8 Å². The molecular weight excluding hydrogens is 384 g/mol. The molecule has 0 spiro atoms. The van der Waals surface area contributed by atoms with E-state index < -0.39 is 5.97 Å². The van der Waals surface area contributed by atoms with Crippen LogP contribution >= 0.6 is 0 Å². The van der Waals surface area contributed by atoms with Gasteiger partial charge in [0.25, 0.3) is 0 Å². The number of carbonyl (C=O) groups is 3. The van der Waals surface area contributed by atoms with Gasteiger partial charge in [-0.15, -0.1) is 0 Å². The summed E-state index contributed by atoms with van der Waals surface area (Å²) in [6.07, 6.45) is 2.19. The lowest BCUT2D eigenvalue weighted by molar-refractivity contribution is -0.134. The minimum atomic E-state index is -0.462. The summed E-state index contributed by atoms with van der Waals surface area (Å²) in [6, 6.07) is 0. The van der Waals surface area contributed by atoms with E-state index >= 15 is 0 Å². The molecule has 1 amide bonds. The molecule has 0 aliphatic carbocycles. The van der Waals surface area contributed by atoms with Gasteiger partial charge in [0.05, 0.1) is 19.8 Å². The van der Waals surface area contributed by atoms with Crippen molar-refractivity contribution in [2.45, 2.75) is 73.5 Å². The van der Waals surface area contributed by atoms with Gasteiger partial charge in [0.1, 0.15) is 5.69 Å². The smallest absolute Gasteiger partial charge is 0.354 e. The maximum Gasteiger partial charge on any atom is 0.354 e. The summed E-state index contributed by atoms with van der Waals surface area (Å²) in [5.74, 6) is -0.677. The molecule has 7 nitrogen and oxygen atoms in total. The van der Waals surface area contributed by atoms with Crippen molar-refractivity contribution in [2.24, 2.45) is 5.41 Å². The van der Waals surface area contributed by atoms with Crippen LogP contribution in [0.2, 0.25) is 0 Å². The maximum absolute atomic E-state index is 13.3. The van der Waals surface area contributed by atoms with Gasteiger partial charge in [-0.1, -0.05) is 20.8 Å². The van der Waals surface area contributed by atoms with E-state index in [-0.39, 0.29) is 29.8 Å². The highest BCUT2D eigenvalue weighted by molar-refractivity contribution is 6.04. The van der Waals surface area contributed by atoms with Crippen molar-refractivity contribution in [1.29, 1.82) is 0 Å². The Hall–Kier alpha value is -2.15. The normalized spacial score (nSPS) is 16.6. The highest BCUT2D eigenvalue weighted by Gasteiger charge is 2.31. The van der Waals surface area contributed by atoms with E-state index in [1.807, 2.05) is 34.6 Å². The average molecular weight is 421 g/mol. The van der Waals surface area contributed by atoms with Crippen molar-refractivity contribution in [3.8, 4) is 0 Å². The molecule has 0 saturated carbocycles. The third-order valence-corrected chi connectivity index (χ3v) is 5.56. The molecule has 0 aromatic carbocycles. The first-order valence-electron chi connectivity index (χ1n) is 10.7. The Kier molecular flexibility index (Phi) is 7.86. The van der Waals surface area contributed by atoms with Crippen LogP contribution in [0.1, 0.15) is 79.1 Å². The van der Waals surface area contributed by atoms with E-state index in [0.29, 0.717) is 42.9 Å². The Labute approximate surface area is 179 Å². The van der Waals surface area contributed by atoms with Gasteiger partial charge in [-0.25, -0.2) is 4.79 Å². The van der Waals surface area contributed by atoms with Crippen LogP contribution in [0.15, 0.2) is 0 Å². The molecule has 1 fully saturated rings. The molecule has 1 saturated heterocycles. The molecule has 1 aliphatic rings. The average Bonchev–Trinajstić information content (AvgIpc) is 3.24. The number of ketones is 1. The number of amides is 1. The fraction of sp³-hybridized carbons (Fsp3) is 0.696. The van der Waals surface area contributed by atoms with Gasteiger partial charge in [-0.3, -0.25) is 9.59 Å². The van der Waals surface area contributed by atoms with Crippen LogP contribution in [0.3, 0.4) is 0 Å². The minimum Gasteiger partial charge on any atom is -0.464 e. The number of methoxy groups -OCH3 is 1. The molecule has 1 aromatic rings. The molecule has 2 rings (SSSR count). The van der Waals surface area contributed by atoms with E-state index in [4.69, 9.17) is 9.47 Å². The maximum atomic E-state index is 13.3. The molecular formula is C23H36N2O5. The van der Waals surface area contributed by atoms with E-state index in [1.54, 1.807) is 16.4 Å². The molecule has 30 heavy (non-hydrogen) atoms. The molecule has 0 radical (unpaired) electrons. The summed E-state index contributed by atoms with van der Waals surface area (Å²) in [5, 5.41) is 0. The molecule has 1 atom stereocenters. The van der Waals surface area contributed by atoms with E-state index in [2.05, 4.69) is 0 Å². The predicted molar refractivity (Wildman–Crippen MR) is 115 cm³/mol. The fourth-order valence-corrected chi connectivity index (χ4v) is 4.17. The van der Waals surface area contributed by atoms with Crippen LogP contribution in [0, 0.1) is 19.3 Å². The zero-order valence-electron chi connectivity index (χ0n) is 19.5. The van der Waals surface area contributed by atoms with Gasteiger partial charge in [-0.2, -0.15) is 0 Å². The summed E-state index contributed by atoms with van der Waals surface area (Å²) >= 11 is 0. The van der Waals surface area contributed by atoms with Gasteiger partial charge in [0.2, 0.25) is 5.91 Å². The van der Waals surface area contributed by atoms with Crippen LogP contribution in [0.25, 0.3) is 0 Å². The molecule has 0 bridgehead atoms. The number of Topliss-reactive ketones (excluding diaryl/α,β-unsaturated/α-hetero) is 1. The third kappa shape index (κ3) is 5.50. The predicted octanol–water partition coefficient (Wildman–Crippen LogP) is 3.54. The molecule has 1 aliphatic heterocycles. The Morgan fingerprint density at radius 1 is 1.23 bits per heavy atom. The number of rotatable bonds is 8. The molecule has 7 heteroatoms. The van der Waals surface area contributed by atoms with E-state index in [1.165, 1.54) is 7.11 Å². The number of aromatic nitrogens is 1. The Balaban J connectivity index is 2.33. The first kappa shape index (κ1) is 24.1. The van der Waals surface area contributed by atoms with Crippen molar-refractivity contribution in [3.05, 3.63) is 22.5 Å². The standard InChI is InChI=1S/C23H36N2O5/c1-8-25-16(3)20(15(2)21(25)22(28)29-7)18(26)14-24(13-17-10-9-11-30-17)19(27)12-23(4,5)6/h17H,8-14H2,1-7H3/t17-/m1/s1. The molecule has 0 N–H and O–H groups in total. The Morgan fingerprint density at radius 3 is 2.40 bits per heavy atom. The van der Waals surface area contributed by atoms with Gasteiger partial charge in [-0.05, 0) is 44.6 Å². The fourth-order valence-electron chi connectivity index (χ4n) is 4.17. The lowest BCUT2D eigenvalue weighted by Gasteiger charge is -2.28. The first-order valence-corrected chi connectivity index (χ1v) is 10.7. The van der Waals surface area contributed by atoms with Crippen LogP contribution < -0.4 is 0 Å². The summed E-state index contributed by atoms with van der Waals surface area (Å²) < 4.78 is 12.4. The molecule has 0 unspecified atom stereocenters. The summed E-state index contributed by atoms with van der Waals surface area (Å²) in [7, 11) is 1.33. The van der Waals surface area contributed by atoms with Crippen molar-refractivity contribution >= 4 is 17.7 Å². The second-order valence-corrected chi connectivity index (χ2v) is 9.24. The number of hydrogen-bond donors (Lipinski definition) is 0. The second kappa shape index (κ2) is 9.77. The summed E-state index contributed by atoms with van der Waals surface area (Å²) in [5.41, 5.74) is 2.04. The monoisotopic (exact) mass is 420 g/mol. The number of hydrogen-bond acceptors (Lipinski definition) is 5. The molecule has 1 aromatic heterocycles. The SMILES string of the molecule is CCn1c(C)c(C(=O)CN(C[C@H]2CCCO2)C(=O)CC(C)(C)C)c(C)c1C(=O)OC. The molecule has 168 valence electrons. The minimum absolute atomic E-state index is 0.0230. The van der Waals surface area contributed by atoms with E-state index in [0.717, 1.165) is 18.5 Å². The highest BCUT2D eigenvalue weighted by atomic mass is 16.5. The van der Waals surface area contributed by atoms with Crippen LogP contribution in [0.4, 0.5) is 0 Å². The summed E-state index contributed by atoms with van der Waals surface area (Å²) in [4.78, 5) is 40.3. The zero-order chi connectivity index (χ0) is 22.6. The Morgan fingerprint density at radius 2 is 1.90 bits per heavy atom. The van der Waals surface area contributed by atoms with Gasteiger partial charge in [0, 0.05) is 37.4 Å². The van der Waals surface area contributed by atoms with Crippen LogP contribution in [0.5, 0.6) is 0 Å². The van der Waals surface area contributed by atoms with Gasteiger partial charge >= 0.3 is 5.97 Å². The molecule has 2 heterocycles. The van der Waals surface area contributed by atoms with Crippen molar-refractivity contribution in [3.63, 3.8) is 0 Å². The zero-order valence-corrected chi connectivity index (χ0v) is 19.5. The summed E-state index contributed by atoms with van der Waals surface area (Å²) in [6.45, 7) is 13.2. The van der Waals surface area contributed by atoms with Crippen molar-refractivity contribution in [1.82, 2.24) is 9.47 Å². The lowest BCUT2D eigenvalue weighted by Crippen LogP contribution is -2.42. The van der Waals surface area contributed by atoms with Crippen LogP contribution in [-0.2, 0) is 20.8 Å². The third-order valence-electron chi connectivity index (χ3n) is 5.56. The lowest BCUT2D eigenvalue weighted by atomic mass is 9.91. The second-order valence-electron chi connectivity index (χ2n) is 9.24. The van der Waals surface area contributed by atoms with Gasteiger partial charge in [0.15, 0.2) is 5.78 Å².